The van der Waals surface area contributed by atoms with Crippen LogP contribution in [0.2, 0.25) is 0 Å². The number of aliphatic hydroxyl groups is 1. The van der Waals surface area contributed by atoms with Gasteiger partial charge in [0, 0.05) is 12.6 Å². The lowest BCUT2D eigenvalue weighted by molar-refractivity contribution is 0.105. The molecule has 0 spiro atoms. The number of aliphatic hydroxyl groups excluding tert-OH is 1. The minimum atomic E-state index is -0.439. The van der Waals surface area contributed by atoms with E-state index in [-0.39, 0.29) is 12.4 Å². The van der Waals surface area contributed by atoms with E-state index in [9.17, 15) is 5.11 Å². The van der Waals surface area contributed by atoms with E-state index >= 15 is 0 Å². The molecule has 1 saturated carbocycles. The third-order valence-electron chi connectivity index (χ3n) is 3.19. The van der Waals surface area contributed by atoms with Crippen LogP contribution in [0.4, 0.5) is 0 Å². The van der Waals surface area contributed by atoms with Gasteiger partial charge in [-0.3, -0.25) is 0 Å². The Labute approximate surface area is 121 Å². The van der Waals surface area contributed by atoms with E-state index < -0.39 is 6.10 Å². The first-order chi connectivity index (χ1) is 8.66. The second-order valence-corrected chi connectivity index (χ2v) is 5.34. The summed E-state index contributed by atoms with van der Waals surface area (Å²) in [7, 11) is 0. The average Bonchev–Trinajstić information content (AvgIpc) is 3.18. The van der Waals surface area contributed by atoms with Gasteiger partial charge in [-0.25, -0.2) is 0 Å². The van der Waals surface area contributed by atoms with Gasteiger partial charge in [0.1, 0.15) is 18.5 Å². The van der Waals surface area contributed by atoms with Gasteiger partial charge >= 0.3 is 0 Å². The highest BCUT2D eigenvalue weighted by Gasteiger charge is 2.21. The first kappa shape index (κ1) is 16.3. The third-order valence-corrected chi connectivity index (χ3v) is 3.19. The Morgan fingerprint density at radius 3 is 2.63 bits per heavy atom. The van der Waals surface area contributed by atoms with Gasteiger partial charge in [-0.1, -0.05) is 32.0 Å². The van der Waals surface area contributed by atoms with Gasteiger partial charge in [-0.15, -0.1) is 12.4 Å². The summed E-state index contributed by atoms with van der Waals surface area (Å²) < 4.78 is 5.72. The first-order valence-electron chi connectivity index (χ1n) is 6.80. The number of ether oxygens (including phenoxy) is 1. The van der Waals surface area contributed by atoms with E-state index in [4.69, 9.17) is 4.74 Å². The molecule has 0 radical (unpaired) electrons. The molecule has 3 nitrogen and oxygen atoms in total. The summed E-state index contributed by atoms with van der Waals surface area (Å²) >= 11 is 0. The largest absolute Gasteiger partial charge is 0.491 e. The fourth-order valence-corrected chi connectivity index (χ4v) is 1.92. The molecule has 19 heavy (non-hydrogen) atoms. The second-order valence-electron chi connectivity index (χ2n) is 5.34. The Morgan fingerprint density at radius 1 is 1.32 bits per heavy atom. The van der Waals surface area contributed by atoms with Gasteiger partial charge in [0.25, 0.3) is 0 Å². The van der Waals surface area contributed by atoms with E-state index in [0.29, 0.717) is 25.1 Å². The lowest BCUT2D eigenvalue weighted by atomic mass is 10.0. The topological polar surface area (TPSA) is 41.5 Å². The van der Waals surface area contributed by atoms with Crippen LogP contribution in [0.5, 0.6) is 5.75 Å². The van der Waals surface area contributed by atoms with Crippen molar-refractivity contribution in [1.29, 1.82) is 0 Å². The average molecular weight is 286 g/mol. The third kappa shape index (κ3) is 5.39. The normalized spacial score (nSPS) is 16.0. The first-order valence-corrected chi connectivity index (χ1v) is 6.80. The van der Waals surface area contributed by atoms with E-state index in [1.807, 2.05) is 18.2 Å². The standard InChI is InChI=1S/C15H23NO2.ClH/c1-11(2)14-5-3-4-6-15(14)18-10-13(17)9-16-12-7-8-12;/h3-6,11-13,16-17H,7-10H2,1-2H3;1H. The molecule has 0 saturated heterocycles. The molecule has 2 N–H and O–H groups in total. The molecule has 0 amide bonds. The molecule has 0 aliphatic heterocycles. The molecule has 0 bridgehead atoms. The lowest BCUT2D eigenvalue weighted by Crippen LogP contribution is -2.32. The minimum absolute atomic E-state index is 0. The van der Waals surface area contributed by atoms with Crippen molar-refractivity contribution < 1.29 is 9.84 Å². The molecule has 1 atom stereocenters. The quantitative estimate of drug-likeness (QED) is 0.809. The molecule has 108 valence electrons. The number of rotatable bonds is 7. The van der Waals surface area contributed by atoms with Crippen molar-refractivity contribution in [2.24, 2.45) is 0 Å². The molecule has 2 rings (SSSR count). The summed E-state index contributed by atoms with van der Waals surface area (Å²) in [6, 6.07) is 8.66. The fourth-order valence-electron chi connectivity index (χ4n) is 1.92. The van der Waals surface area contributed by atoms with Crippen molar-refractivity contribution in [3.05, 3.63) is 29.8 Å². The van der Waals surface area contributed by atoms with Crippen molar-refractivity contribution in [3.63, 3.8) is 0 Å². The van der Waals surface area contributed by atoms with Crippen LogP contribution in [0.3, 0.4) is 0 Å². The van der Waals surface area contributed by atoms with Crippen LogP contribution < -0.4 is 10.1 Å². The van der Waals surface area contributed by atoms with Crippen molar-refractivity contribution in [1.82, 2.24) is 5.32 Å². The molecule has 1 aliphatic carbocycles. The number of benzene rings is 1. The van der Waals surface area contributed by atoms with E-state index in [1.54, 1.807) is 0 Å². The van der Waals surface area contributed by atoms with Crippen LogP contribution in [0, 0.1) is 0 Å². The molecule has 1 aromatic carbocycles. The molecular weight excluding hydrogens is 262 g/mol. The molecule has 1 aliphatic rings. The Morgan fingerprint density at radius 2 is 2.00 bits per heavy atom. The maximum Gasteiger partial charge on any atom is 0.122 e. The van der Waals surface area contributed by atoms with E-state index in [1.165, 1.54) is 18.4 Å². The maximum atomic E-state index is 9.83. The summed E-state index contributed by atoms with van der Waals surface area (Å²) in [6.07, 6.45) is 2.04. The van der Waals surface area contributed by atoms with Crippen LogP contribution in [0.15, 0.2) is 24.3 Å². The summed E-state index contributed by atoms with van der Waals surface area (Å²) in [4.78, 5) is 0. The lowest BCUT2D eigenvalue weighted by Gasteiger charge is -2.16. The van der Waals surface area contributed by atoms with E-state index in [0.717, 1.165) is 5.75 Å². The number of nitrogens with one attached hydrogen (secondary N) is 1. The maximum absolute atomic E-state index is 9.83. The summed E-state index contributed by atoms with van der Waals surface area (Å²) in [6.45, 7) is 5.26. The molecule has 0 aromatic heterocycles. The summed E-state index contributed by atoms with van der Waals surface area (Å²) in [5.41, 5.74) is 1.19. The summed E-state index contributed by atoms with van der Waals surface area (Å²) in [5, 5.41) is 13.1. The Bertz CT molecular complexity index is 380. The number of hydrogen-bond donors (Lipinski definition) is 2. The Kier molecular flexibility index (Phi) is 6.63. The van der Waals surface area contributed by atoms with Gasteiger partial charge in [-0.05, 0) is 30.4 Å². The van der Waals surface area contributed by atoms with Crippen molar-refractivity contribution in [2.45, 2.75) is 44.8 Å². The monoisotopic (exact) mass is 285 g/mol. The summed E-state index contributed by atoms with van der Waals surface area (Å²) in [5.74, 6) is 1.32. The fraction of sp³-hybridized carbons (Fsp3) is 0.600. The predicted octanol–water partition coefficient (Wildman–Crippen LogP) is 2.72. The SMILES string of the molecule is CC(C)c1ccccc1OCC(O)CNC1CC1.Cl. The highest BCUT2D eigenvalue weighted by Crippen LogP contribution is 2.25. The van der Waals surface area contributed by atoms with Gasteiger partial charge in [0.2, 0.25) is 0 Å². The van der Waals surface area contributed by atoms with Crippen molar-refractivity contribution in [3.8, 4) is 5.75 Å². The van der Waals surface area contributed by atoms with Crippen molar-refractivity contribution >= 4 is 12.4 Å². The van der Waals surface area contributed by atoms with E-state index in [2.05, 4.69) is 25.2 Å². The molecule has 1 aromatic rings. The number of halogens is 1. The molecular formula is C15H24ClNO2. The van der Waals surface area contributed by atoms with Gasteiger partial charge in [0.15, 0.2) is 0 Å². The van der Waals surface area contributed by atoms with Crippen molar-refractivity contribution in [2.75, 3.05) is 13.2 Å². The highest BCUT2D eigenvalue weighted by atomic mass is 35.5. The Hall–Kier alpha value is -0.770. The highest BCUT2D eigenvalue weighted by molar-refractivity contribution is 5.85. The van der Waals surface area contributed by atoms with Crippen LogP contribution >= 0.6 is 12.4 Å². The van der Waals surface area contributed by atoms with Gasteiger partial charge in [-0.2, -0.15) is 0 Å². The smallest absolute Gasteiger partial charge is 0.122 e. The van der Waals surface area contributed by atoms with Gasteiger partial charge < -0.3 is 15.2 Å². The second kappa shape index (κ2) is 7.73. The Balaban J connectivity index is 0.00000180. The van der Waals surface area contributed by atoms with Crippen LogP contribution in [-0.2, 0) is 0 Å². The zero-order valence-electron chi connectivity index (χ0n) is 11.6. The number of hydrogen-bond acceptors (Lipinski definition) is 3. The zero-order chi connectivity index (χ0) is 13.0. The van der Waals surface area contributed by atoms with Gasteiger partial charge in [0.05, 0.1) is 0 Å². The molecule has 0 heterocycles. The zero-order valence-corrected chi connectivity index (χ0v) is 12.5. The molecule has 4 heteroatoms. The molecule has 1 unspecified atom stereocenters. The minimum Gasteiger partial charge on any atom is -0.491 e. The van der Waals surface area contributed by atoms with Crippen LogP contribution in [-0.4, -0.2) is 30.4 Å². The van der Waals surface area contributed by atoms with Crippen LogP contribution in [0.25, 0.3) is 0 Å². The predicted molar refractivity (Wildman–Crippen MR) is 80.3 cm³/mol. The number of para-hydroxylation sites is 1. The molecule has 1 fully saturated rings. The van der Waals surface area contributed by atoms with Crippen LogP contribution in [0.1, 0.15) is 38.2 Å².